The molecule has 0 amide bonds. The molecule has 0 unspecified atom stereocenters. The Morgan fingerprint density at radius 3 is 0.714 bits per heavy atom. The maximum Gasteiger partial charge on any atom is 0.328 e. The van der Waals surface area contributed by atoms with Gasteiger partial charge in [-0.25, -0.2) is 19.2 Å². The third-order valence-electron chi connectivity index (χ3n) is 1.99. The molecular formula is C13H18O8. The molecule has 1 rings (SSSR count). The lowest BCUT2D eigenvalue weighted by Crippen LogP contribution is -1.91. The molecule has 0 spiro atoms. The Labute approximate surface area is 121 Å². The monoisotopic (exact) mass is 302 g/mol. The van der Waals surface area contributed by atoms with Crippen LogP contribution >= 0.6 is 0 Å². The van der Waals surface area contributed by atoms with Crippen molar-refractivity contribution in [3.63, 3.8) is 0 Å². The van der Waals surface area contributed by atoms with E-state index in [9.17, 15) is 19.2 Å². The maximum atomic E-state index is 9.55. The fourth-order valence-corrected chi connectivity index (χ4v) is 1.17. The molecule has 21 heavy (non-hydrogen) atoms. The standard InChI is InChI=1S/C5H10.2C4H4O4/c1-2-4-5-3-1;2*5-3(6)1-2-4(7)8/h1-5H2;2*1-2H,(H,5,6)(H,7,8). The first-order valence-electron chi connectivity index (χ1n) is 6.03. The zero-order valence-corrected chi connectivity index (χ0v) is 11.3. The van der Waals surface area contributed by atoms with E-state index in [4.69, 9.17) is 20.4 Å². The Kier molecular flexibility index (Phi) is 13.6. The van der Waals surface area contributed by atoms with Crippen LogP contribution in [0.3, 0.4) is 0 Å². The van der Waals surface area contributed by atoms with Crippen molar-refractivity contribution in [2.24, 2.45) is 0 Å². The Morgan fingerprint density at radius 1 is 0.476 bits per heavy atom. The zero-order chi connectivity index (χ0) is 16.7. The van der Waals surface area contributed by atoms with Crippen molar-refractivity contribution in [3.8, 4) is 0 Å². The van der Waals surface area contributed by atoms with Crippen LogP contribution in [0, 0.1) is 0 Å². The van der Waals surface area contributed by atoms with Crippen LogP contribution in [0.5, 0.6) is 0 Å². The molecule has 1 saturated carbocycles. The van der Waals surface area contributed by atoms with Gasteiger partial charge in [0.2, 0.25) is 0 Å². The molecule has 0 atom stereocenters. The molecule has 0 aromatic carbocycles. The summed E-state index contributed by atoms with van der Waals surface area (Å²) < 4.78 is 0. The lowest BCUT2D eigenvalue weighted by molar-refractivity contribution is -0.134. The Balaban J connectivity index is 0. The van der Waals surface area contributed by atoms with Gasteiger partial charge in [-0.1, -0.05) is 32.1 Å². The molecule has 8 heteroatoms. The van der Waals surface area contributed by atoms with Crippen molar-refractivity contribution in [2.75, 3.05) is 0 Å². The second-order valence-electron chi connectivity index (χ2n) is 3.79. The summed E-state index contributed by atoms with van der Waals surface area (Å²) >= 11 is 0. The van der Waals surface area contributed by atoms with Crippen molar-refractivity contribution in [2.45, 2.75) is 32.1 Å². The quantitative estimate of drug-likeness (QED) is 0.569. The molecule has 0 saturated heterocycles. The van der Waals surface area contributed by atoms with Crippen LogP contribution in [-0.2, 0) is 19.2 Å². The molecule has 0 aromatic rings. The Hall–Kier alpha value is -2.64. The van der Waals surface area contributed by atoms with E-state index >= 15 is 0 Å². The van der Waals surface area contributed by atoms with E-state index in [0.29, 0.717) is 24.3 Å². The summed E-state index contributed by atoms with van der Waals surface area (Å²) in [6.45, 7) is 0. The van der Waals surface area contributed by atoms with Gasteiger partial charge in [0, 0.05) is 24.3 Å². The molecule has 0 bridgehead atoms. The van der Waals surface area contributed by atoms with Crippen LogP contribution in [-0.4, -0.2) is 44.3 Å². The summed E-state index contributed by atoms with van der Waals surface area (Å²) in [6, 6.07) is 0. The fraction of sp³-hybridized carbons (Fsp3) is 0.385. The number of hydrogen-bond acceptors (Lipinski definition) is 4. The van der Waals surface area contributed by atoms with Crippen LogP contribution in [0.4, 0.5) is 0 Å². The van der Waals surface area contributed by atoms with E-state index in [0.717, 1.165) is 0 Å². The molecule has 0 radical (unpaired) electrons. The van der Waals surface area contributed by atoms with Crippen LogP contribution < -0.4 is 0 Å². The molecule has 0 heterocycles. The maximum absolute atomic E-state index is 9.55. The summed E-state index contributed by atoms with van der Waals surface area (Å²) in [5, 5.41) is 31.2. The fourth-order valence-electron chi connectivity index (χ4n) is 1.17. The molecule has 118 valence electrons. The lowest BCUT2D eigenvalue weighted by Gasteiger charge is -1.74. The van der Waals surface area contributed by atoms with Crippen molar-refractivity contribution in [1.82, 2.24) is 0 Å². The zero-order valence-electron chi connectivity index (χ0n) is 11.3. The van der Waals surface area contributed by atoms with Gasteiger partial charge in [0.1, 0.15) is 0 Å². The van der Waals surface area contributed by atoms with Crippen molar-refractivity contribution < 1.29 is 39.6 Å². The van der Waals surface area contributed by atoms with Crippen LogP contribution in [0.1, 0.15) is 32.1 Å². The van der Waals surface area contributed by atoms with Crippen LogP contribution in [0.25, 0.3) is 0 Å². The Morgan fingerprint density at radius 2 is 0.619 bits per heavy atom. The summed E-state index contributed by atoms with van der Waals surface area (Å²) in [7, 11) is 0. The third kappa shape index (κ3) is 26.8. The summed E-state index contributed by atoms with van der Waals surface area (Å²) in [6.07, 6.45) is 9.73. The van der Waals surface area contributed by atoms with E-state index in [1.54, 1.807) is 0 Å². The molecule has 1 aliphatic carbocycles. The highest BCUT2D eigenvalue weighted by Gasteiger charge is 1.95. The highest BCUT2D eigenvalue weighted by atomic mass is 16.4. The molecule has 4 N–H and O–H groups in total. The highest BCUT2D eigenvalue weighted by Crippen LogP contribution is 2.15. The molecule has 0 aliphatic heterocycles. The lowest BCUT2D eigenvalue weighted by atomic mass is 10.4. The SMILES string of the molecule is C1CCCC1.O=C(O)C=CC(=O)O.O=C(O)C=CC(=O)O. The predicted molar refractivity (Wildman–Crippen MR) is 71.9 cm³/mol. The largest absolute Gasteiger partial charge is 0.478 e. The number of carboxylic acids is 4. The van der Waals surface area contributed by atoms with Gasteiger partial charge in [0.25, 0.3) is 0 Å². The smallest absolute Gasteiger partial charge is 0.328 e. The van der Waals surface area contributed by atoms with Gasteiger partial charge in [-0.3, -0.25) is 0 Å². The van der Waals surface area contributed by atoms with Crippen molar-refractivity contribution in [3.05, 3.63) is 24.3 Å². The molecule has 1 aliphatic rings. The number of rotatable bonds is 4. The second kappa shape index (κ2) is 13.8. The van der Waals surface area contributed by atoms with E-state index < -0.39 is 23.9 Å². The van der Waals surface area contributed by atoms with Gasteiger partial charge in [0.15, 0.2) is 0 Å². The minimum absolute atomic E-state index is 0.558. The van der Waals surface area contributed by atoms with E-state index in [-0.39, 0.29) is 0 Å². The van der Waals surface area contributed by atoms with Crippen molar-refractivity contribution in [1.29, 1.82) is 0 Å². The number of carbonyl (C=O) groups is 4. The van der Waals surface area contributed by atoms with Gasteiger partial charge in [0.05, 0.1) is 0 Å². The second-order valence-corrected chi connectivity index (χ2v) is 3.79. The third-order valence-corrected chi connectivity index (χ3v) is 1.99. The van der Waals surface area contributed by atoms with E-state index in [1.165, 1.54) is 32.1 Å². The average molecular weight is 302 g/mol. The molecule has 0 aromatic heterocycles. The summed E-state index contributed by atoms with van der Waals surface area (Å²) in [4.78, 5) is 38.2. The first kappa shape index (κ1) is 20.7. The number of carboxylic acid groups (broad SMARTS) is 4. The van der Waals surface area contributed by atoms with Gasteiger partial charge >= 0.3 is 23.9 Å². The Bertz CT molecular complexity index is 331. The van der Waals surface area contributed by atoms with Gasteiger partial charge in [-0.15, -0.1) is 0 Å². The summed E-state index contributed by atoms with van der Waals surface area (Å²) in [5.41, 5.74) is 0. The van der Waals surface area contributed by atoms with Gasteiger partial charge < -0.3 is 20.4 Å². The van der Waals surface area contributed by atoms with E-state index in [2.05, 4.69) is 0 Å². The van der Waals surface area contributed by atoms with Crippen LogP contribution in [0.15, 0.2) is 24.3 Å². The highest BCUT2D eigenvalue weighted by molar-refractivity contribution is 5.90. The minimum atomic E-state index is -1.26. The van der Waals surface area contributed by atoms with Gasteiger partial charge in [-0.05, 0) is 0 Å². The molecule has 8 nitrogen and oxygen atoms in total. The molecule has 1 fully saturated rings. The average Bonchev–Trinajstić information content (AvgIpc) is 2.93. The normalized spacial score (nSPS) is 13.0. The van der Waals surface area contributed by atoms with Crippen LogP contribution in [0.2, 0.25) is 0 Å². The van der Waals surface area contributed by atoms with E-state index in [1.807, 2.05) is 0 Å². The van der Waals surface area contributed by atoms with Gasteiger partial charge in [-0.2, -0.15) is 0 Å². The van der Waals surface area contributed by atoms with Crippen molar-refractivity contribution >= 4 is 23.9 Å². The number of aliphatic carboxylic acids is 4. The first-order valence-corrected chi connectivity index (χ1v) is 6.03. The first-order chi connectivity index (χ1) is 9.75. The minimum Gasteiger partial charge on any atom is -0.478 e. The molecular weight excluding hydrogens is 284 g/mol. The summed E-state index contributed by atoms with van der Waals surface area (Å²) in [5.74, 6) is -5.03. The predicted octanol–water partition coefficient (Wildman–Crippen LogP) is 1.37. The topological polar surface area (TPSA) is 149 Å². The number of hydrogen-bond donors (Lipinski definition) is 4.